The molecule has 8 heteroatoms. The molecule has 3 rings (SSSR count). The van der Waals surface area contributed by atoms with E-state index in [1.807, 2.05) is 48.5 Å². The van der Waals surface area contributed by atoms with Crippen LogP contribution in [0.3, 0.4) is 0 Å². The molecule has 7 nitrogen and oxygen atoms in total. The lowest BCUT2D eigenvalue weighted by Gasteiger charge is -2.30. The van der Waals surface area contributed by atoms with E-state index in [-0.39, 0.29) is 6.61 Å². The van der Waals surface area contributed by atoms with Crippen LogP contribution in [0, 0.1) is 0 Å². The average molecular weight is 443 g/mol. The van der Waals surface area contributed by atoms with Gasteiger partial charge in [-0.1, -0.05) is 36.4 Å². The normalized spacial score (nSPS) is 15.7. The summed E-state index contributed by atoms with van der Waals surface area (Å²) in [5.74, 6) is 0.727. The molecule has 2 aromatic carbocycles. The summed E-state index contributed by atoms with van der Waals surface area (Å²) in [5.41, 5.74) is 2.92. The molecule has 31 heavy (non-hydrogen) atoms. The first kappa shape index (κ1) is 22.6. The van der Waals surface area contributed by atoms with Gasteiger partial charge < -0.3 is 29.6 Å². The lowest BCUT2D eigenvalue weighted by Crippen LogP contribution is -2.45. The quantitative estimate of drug-likeness (QED) is 0.348. The Morgan fingerprint density at radius 3 is 2.55 bits per heavy atom. The van der Waals surface area contributed by atoms with E-state index in [1.54, 1.807) is 21.1 Å². The van der Waals surface area contributed by atoms with Gasteiger partial charge in [0.05, 0.1) is 25.3 Å². The van der Waals surface area contributed by atoms with Crippen molar-refractivity contribution in [2.75, 3.05) is 27.4 Å². The summed E-state index contributed by atoms with van der Waals surface area (Å²) < 4.78 is 21.8. The highest BCUT2D eigenvalue weighted by molar-refractivity contribution is 7.80. The van der Waals surface area contributed by atoms with Crippen molar-refractivity contribution in [3.63, 3.8) is 0 Å². The second kappa shape index (κ2) is 10.8. The number of thiocarbonyl (C=S) groups is 1. The molecule has 0 saturated carbocycles. The molecule has 1 atom stereocenters. The van der Waals surface area contributed by atoms with Gasteiger partial charge in [-0.05, 0) is 42.4 Å². The number of esters is 1. The monoisotopic (exact) mass is 442 g/mol. The fraction of sp³-hybridized carbons (Fsp3) is 0.304. The van der Waals surface area contributed by atoms with Crippen molar-refractivity contribution in [3.8, 4) is 11.5 Å². The Kier molecular flexibility index (Phi) is 7.86. The number of benzene rings is 2. The maximum Gasteiger partial charge on any atom is 0.338 e. The van der Waals surface area contributed by atoms with Crippen LogP contribution in [0.25, 0.3) is 0 Å². The fourth-order valence-corrected chi connectivity index (χ4v) is 3.50. The maximum atomic E-state index is 12.8. The summed E-state index contributed by atoms with van der Waals surface area (Å²) in [6.07, 6.45) is 0. The minimum atomic E-state index is -0.492. The van der Waals surface area contributed by atoms with Gasteiger partial charge >= 0.3 is 5.97 Å². The van der Waals surface area contributed by atoms with E-state index < -0.39 is 12.0 Å². The van der Waals surface area contributed by atoms with Gasteiger partial charge in [-0.25, -0.2) is 4.79 Å². The third kappa shape index (κ3) is 5.74. The van der Waals surface area contributed by atoms with Gasteiger partial charge in [-0.15, -0.1) is 0 Å². The predicted molar refractivity (Wildman–Crippen MR) is 121 cm³/mol. The molecular weight excluding hydrogens is 416 g/mol. The van der Waals surface area contributed by atoms with Crippen molar-refractivity contribution in [3.05, 3.63) is 70.9 Å². The van der Waals surface area contributed by atoms with E-state index >= 15 is 0 Å². The van der Waals surface area contributed by atoms with Crippen LogP contribution in [0.4, 0.5) is 0 Å². The van der Waals surface area contributed by atoms with E-state index in [0.29, 0.717) is 41.1 Å². The Bertz CT molecular complexity index is 962. The summed E-state index contributed by atoms with van der Waals surface area (Å²) in [4.78, 5) is 12.8. The van der Waals surface area contributed by atoms with Gasteiger partial charge in [-0.3, -0.25) is 0 Å². The minimum Gasteiger partial charge on any atom is -0.493 e. The molecule has 0 fully saturated rings. The molecule has 2 aromatic rings. The number of carbonyl (C=O) groups excluding carboxylic acids is 1. The van der Waals surface area contributed by atoms with Crippen LogP contribution in [0.5, 0.6) is 11.5 Å². The first-order valence-corrected chi connectivity index (χ1v) is 10.2. The highest BCUT2D eigenvalue weighted by Gasteiger charge is 2.31. The second-order valence-electron chi connectivity index (χ2n) is 6.88. The third-order valence-electron chi connectivity index (χ3n) is 4.77. The van der Waals surface area contributed by atoms with Gasteiger partial charge in [0.2, 0.25) is 0 Å². The van der Waals surface area contributed by atoms with E-state index in [9.17, 15) is 4.79 Å². The Hall–Kier alpha value is -3.10. The van der Waals surface area contributed by atoms with Crippen LogP contribution in [0.1, 0.15) is 24.1 Å². The Morgan fingerprint density at radius 2 is 1.84 bits per heavy atom. The fourth-order valence-electron chi connectivity index (χ4n) is 3.23. The van der Waals surface area contributed by atoms with Crippen LogP contribution in [0.2, 0.25) is 0 Å². The van der Waals surface area contributed by atoms with E-state index in [4.69, 9.17) is 31.2 Å². The predicted octanol–water partition coefficient (Wildman–Crippen LogP) is 3.26. The van der Waals surface area contributed by atoms with Crippen molar-refractivity contribution in [2.45, 2.75) is 19.6 Å². The van der Waals surface area contributed by atoms with E-state index in [0.717, 1.165) is 11.1 Å². The molecule has 0 aromatic heterocycles. The van der Waals surface area contributed by atoms with Gasteiger partial charge in [0.15, 0.2) is 16.6 Å². The zero-order valence-corrected chi connectivity index (χ0v) is 18.6. The molecule has 0 amide bonds. The highest BCUT2D eigenvalue weighted by atomic mass is 32.1. The number of rotatable bonds is 9. The standard InChI is InChI=1S/C23H26N2O5S/c1-15-20(22(26)29-12-11-27-2)21(25-23(31)24-15)17-9-10-18(28-3)19(13-17)30-14-16-7-5-4-6-8-16/h4-10,13,21H,11-12,14H2,1-3H3,(H2,24,25,31)/t21-/m0/s1. The first-order chi connectivity index (χ1) is 15.0. The zero-order chi connectivity index (χ0) is 22.2. The molecule has 0 spiro atoms. The number of nitrogens with one attached hydrogen (secondary N) is 2. The molecule has 2 N–H and O–H groups in total. The first-order valence-electron chi connectivity index (χ1n) is 9.82. The molecule has 1 heterocycles. The number of hydrogen-bond donors (Lipinski definition) is 2. The number of carbonyl (C=O) groups is 1. The molecule has 0 saturated heterocycles. The summed E-state index contributed by atoms with van der Waals surface area (Å²) in [6.45, 7) is 2.67. The molecule has 164 valence electrons. The molecule has 0 bridgehead atoms. The van der Waals surface area contributed by atoms with Crippen molar-refractivity contribution in [1.29, 1.82) is 0 Å². The topological polar surface area (TPSA) is 78.1 Å². The van der Waals surface area contributed by atoms with Gasteiger partial charge in [0.25, 0.3) is 0 Å². The number of allylic oxidation sites excluding steroid dienone is 1. The highest BCUT2D eigenvalue weighted by Crippen LogP contribution is 2.35. The zero-order valence-electron chi connectivity index (χ0n) is 17.8. The SMILES string of the molecule is COCCOC(=O)C1=C(C)NC(=S)N[C@H]1c1ccc(OC)c(OCc2ccccc2)c1. The van der Waals surface area contributed by atoms with Gasteiger partial charge in [-0.2, -0.15) is 0 Å². The lowest BCUT2D eigenvalue weighted by atomic mass is 9.95. The molecule has 0 radical (unpaired) electrons. The number of methoxy groups -OCH3 is 2. The van der Waals surface area contributed by atoms with E-state index in [1.165, 1.54) is 0 Å². The Labute approximate surface area is 187 Å². The van der Waals surface area contributed by atoms with Crippen molar-refractivity contribution < 1.29 is 23.7 Å². The molecule has 0 unspecified atom stereocenters. The van der Waals surface area contributed by atoms with Gasteiger partial charge in [0.1, 0.15) is 13.2 Å². The van der Waals surface area contributed by atoms with Crippen LogP contribution < -0.4 is 20.1 Å². The summed E-state index contributed by atoms with van der Waals surface area (Å²) in [7, 11) is 3.14. The molecule has 1 aliphatic heterocycles. The second-order valence-corrected chi connectivity index (χ2v) is 7.29. The smallest absolute Gasteiger partial charge is 0.338 e. The maximum absolute atomic E-state index is 12.8. The van der Waals surface area contributed by atoms with Crippen molar-refractivity contribution >= 4 is 23.3 Å². The average Bonchev–Trinajstić information content (AvgIpc) is 2.77. The summed E-state index contributed by atoms with van der Waals surface area (Å²) in [5, 5.41) is 6.58. The lowest BCUT2D eigenvalue weighted by molar-refractivity contribution is -0.140. The van der Waals surface area contributed by atoms with Gasteiger partial charge in [0, 0.05) is 12.8 Å². The number of hydrogen-bond acceptors (Lipinski definition) is 6. The number of ether oxygens (including phenoxy) is 4. The molecule has 1 aliphatic rings. The van der Waals surface area contributed by atoms with Crippen molar-refractivity contribution in [2.24, 2.45) is 0 Å². The molecular formula is C23H26N2O5S. The summed E-state index contributed by atoms with van der Waals surface area (Å²) in [6, 6.07) is 14.9. The molecule has 0 aliphatic carbocycles. The minimum absolute atomic E-state index is 0.164. The summed E-state index contributed by atoms with van der Waals surface area (Å²) >= 11 is 5.32. The third-order valence-corrected chi connectivity index (χ3v) is 4.99. The van der Waals surface area contributed by atoms with Crippen LogP contribution in [0.15, 0.2) is 59.8 Å². The van der Waals surface area contributed by atoms with Crippen LogP contribution >= 0.6 is 12.2 Å². The van der Waals surface area contributed by atoms with Crippen molar-refractivity contribution in [1.82, 2.24) is 10.6 Å². The Balaban J connectivity index is 1.88. The largest absolute Gasteiger partial charge is 0.493 e. The Morgan fingerprint density at radius 1 is 1.06 bits per heavy atom. The van der Waals surface area contributed by atoms with Crippen LogP contribution in [-0.4, -0.2) is 38.5 Å². The van der Waals surface area contributed by atoms with E-state index in [2.05, 4.69) is 10.6 Å². The van der Waals surface area contributed by atoms with Crippen LogP contribution in [-0.2, 0) is 20.9 Å².